The third-order valence-electron chi connectivity index (χ3n) is 2.21. The number of hydrogen-bond acceptors (Lipinski definition) is 2. The van der Waals surface area contributed by atoms with Crippen LogP contribution in [0.25, 0.3) is 5.69 Å². The van der Waals surface area contributed by atoms with Gasteiger partial charge in [0.1, 0.15) is 0 Å². The van der Waals surface area contributed by atoms with E-state index in [-0.39, 0.29) is 0 Å². The summed E-state index contributed by atoms with van der Waals surface area (Å²) in [5.74, 6) is 0. The molecular weight excluding hydrogens is 233 g/mol. The molecule has 0 fully saturated rings. The van der Waals surface area contributed by atoms with Crippen molar-refractivity contribution in [2.24, 2.45) is 0 Å². The molecule has 0 radical (unpaired) electrons. The van der Waals surface area contributed by atoms with Crippen LogP contribution in [0, 0.1) is 13.8 Å². The average Bonchev–Trinajstić information content (AvgIpc) is 2.51. The maximum Gasteiger partial charge on any atom is 0.175 e. The first kappa shape index (κ1) is 10.5. The van der Waals surface area contributed by atoms with Crippen molar-refractivity contribution in [1.82, 2.24) is 14.8 Å². The fraction of sp³-hybridized carbons (Fsp3) is 0.200. The molecule has 2 aromatic rings. The SMILES string of the molecule is Cc1ccc(C)n1-c1cc(Cl)nnc1Cl. The van der Waals surface area contributed by atoms with Crippen LogP contribution in [-0.2, 0) is 0 Å². The van der Waals surface area contributed by atoms with E-state index in [1.54, 1.807) is 6.07 Å². The van der Waals surface area contributed by atoms with Gasteiger partial charge in [0.15, 0.2) is 10.3 Å². The molecule has 2 aromatic heterocycles. The van der Waals surface area contributed by atoms with E-state index in [2.05, 4.69) is 10.2 Å². The lowest BCUT2D eigenvalue weighted by atomic mass is 10.4. The van der Waals surface area contributed by atoms with Crippen LogP contribution in [0.1, 0.15) is 11.4 Å². The third kappa shape index (κ3) is 1.85. The van der Waals surface area contributed by atoms with Crippen LogP contribution in [0.4, 0.5) is 0 Å². The molecule has 2 heterocycles. The molecule has 0 spiro atoms. The van der Waals surface area contributed by atoms with Gasteiger partial charge in [-0.25, -0.2) is 0 Å². The van der Waals surface area contributed by atoms with Crippen LogP contribution < -0.4 is 0 Å². The van der Waals surface area contributed by atoms with Crippen molar-refractivity contribution in [2.45, 2.75) is 13.8 Å². The van der Waals surface area contributed by atoms with E-state index in [0.29, 0.717) is 10.3 Å². The third-order valence-corrected chi connectivity index (χ3v) is 2.67. The predicted molar refractivity (Wildman–Crippen MR) is 60.9 cm³/mol. The summed E-state index contributed by atoms with van der Waals surface area (Å²) in [5.41, 5.74) is 2.92. The molecule has 5 heteroatoms. The van der Waals surface area contributed by atoms with E-state index in [1.165, 1.54) is 0 Å². The number of rotatable bonds is 1. The maximum absolute atomic E-state index is 5.98. The van der Waals surface area contributed by atoms with Gasteiger partial charge in [-0.3, -0.25) is 0 Å². The summed E-state index contributed by atoms with van der Waals surface area (Å²) < 4.78 is 1.99. The summed E-state index contributed by atoms with van der Waals surface area (Å²) >= 11 is 11.8. The number of aromatic nitrogens is 3. The highest BCUT2D eigenvalue weighted by Gasteiger charge is 2.10. The monoisotopic (exact) mass is 241 g/mol. The lowest BCUT2D eigenvalue weighted by molar-refractivity contribution is 0.926. The Labute approximate surface area is 97.7 Å². The quantitative estimate of drug-likeness (QED) is 0.768. The number of hydrogen-bond donors (Lipinski definition) is 0. The van der Waals surface area contributed by atoms with Crippen molar-refractivity contribution in [1.29, 1.82) is 0 Å². The van der Waals surface area contributed by atoms with Crippen LogP contribution in [0.15, 0.2) is 18.2 Å². The standard InChI is InChI=1S/C10H9Cl2N3/c1-6-3-4-7(2)15(6)8-5-9(11)13-14-10(8)12/h3-5H,1-2H3. The predicted octanol–water partition coefficient (Wildman–Crippen LogP) is 3.19. The van der Waals surface area contributed by atoms with Crippen LogP contribution in [-0.4, -0.2) is 14.8 Å². The van der Waals surface area contributed by atoms with Gasteiger partial charge in [0.25, 0.3) is 0 Å². The Morgan fingerprint density at radius 1 is 1.07 bits per heavy atom. The number of halogens is 2. The Hall–Kier alpha value is -1.06. The van der Waals surface area contributed by atoms with Crippen molar-refractivity contribution in [3.63, 3.8) is 0 Å². The van der Waals surface area contributed by atoms with Gasteiger partial charge in [-0.15, -0.1) is 10.2 Å². The molecule has 0 N–H and O–H groups in total. The first-order chi connectivity index (χ1) is 7.09. The molecular formula is C10H9Cl2N3. The molecule has 0 aliphatic carbocycles. The van der Waals surface area contributed by atoms with Gasteiger partial charge in [-0.1, -0.05) is 23.2 Å². The number of nitrogens with zero attached hydrogens (tertiary/aromatic N) is 3. The first-order valence-electron chi connectivity index (χ1n) is 4.43. The number of aryl methyl sites for hydroxylation is 2. The minimum Gasteiger partial charge on any atom is -0.316 e. The van der Waals surface area contributed by atoms with Crippen LogP contribution >= 0.6 is 23.2 Å². The first-order valence-corrected chi connectivity index (χ1v) is 5.19. The van der Waals surface area contributed by atoms with E-state index in [4.69, 9.17) is 23.2 Å². The normalized spacial score (nSPS) is 10.7. The van der Waals surface area contributed by atoms with Gasteiger partial charge in [-0.2, -0.15) is 0 Å². The Bertz CT molecular complexity index is 486. The van der Waals surface area contributed by atoms with Gasteiger partial charge < -0.3 is 4.57 Å². The molecule has 0 amide bonds. The summed E-state index contributed by atoms with van der Waals surface area (Å²) in [6, 6.07) is 5.73. The molecule has 0 bridgehead atoms. The van der Waals surface area contributed by atoms with Crippen LogP contribution in [0.2, 0.25) is 10.3 Å². The highest BCUT2D eigenvalue weighted by atomic mass is 35.5. The van der Waals surface area contributed by atoms with Gasteiger partial charge in [-0.05, 0) is 26.0 Å². The van der Waals surface area contributed by atoms with Gasteiger partial charge in [0, 0.05) is 17.5 Å². The molecule has 0 saturated carbocycles. The summed E-state index contributed by atoms with van der Waals surface area (Å²) in [6.07, 6.45) is 0. The molecule has 78 valence electrons. The van der Waals surface area contributed by atoms with Crippen molar-refractivity contribution < 1.29 is 0 Å². The van der Waals surface area contributed by atoms with E-state index in [9.17, 15) is 0 Å². The van der Waals surface area contributed by atoms with Gasteiger partial charge in [0.2, 0.25) is 0 Å². The summed E-state index contributed by atoms with van der Waals surface area (Å²) in [7, 11) is 0. The molecule has 0 aliphatic heterocycles. The Balaban J connectivity index is 2.68. The zero-order chi connectivity index (χ0) is 11.0. The smallest absolute Gasteiger partial charge is 0.175 e. The molecule has 0 atom stereocenters. The van der Waals surface area contributed by atoms with Crippen molar-refractivity contribution in [3.8, 4) is 5.69 Å². The molecule has 0 saturated heterocycles. The summed E-state index contributed by atoms with van der Waals surface area (Å²) in [5, 5.41) is 8.14. The fourth-order valence-corrected chi connectivity index (χ4v) is 1.87. The van der Waals surface area contributed by atoms with E-state index >= 15 is 0 Å². The minimum atomic E-state index is 0.335. The molecule has 15 heavy (non-hydrogen) atoms. The summed E-state index contributed by atoms with van der Waals surface area (Å²) in [6.45, 7) is 4.00. The largest absolute Gasteiger partial charge is 0.316 e. The molecule has 3 nitrogen and oxygen atoms in total. The lowest BCUT2D eigenvalue weighted by Crippen LogP contribution is -2.01. The zero-order valence-electron chi connectivity index (χ0n) is 8.33. The second-order valence-electron chi connectivity index (χ2n) is 3.29. The van der Waals surface area contributed by atoms with Gasteiger partial charge in [0.05, 0.1) is 5.69 Å². The molecule has 2 rings (SSSR count). The second-order valence-corrected chi connectivity index (χ2v) is 4.04. The molecule has 0 aliphatic rings. The van der Waals surface area contributed by atoms with Crippen molar-refractivity contribution >= 4 is 23.2 Å². The van der Waals surface area contributed by atoms with E-state index < -0.39 is 0 Å². The highest BCUT2D eigenvalue weighted by molar-refractivity contribution is 6.32. The molecule has 0 aromatic carbocycles. The fourth-order valence-electron chi connectivity index (χ4n) is 1.55. The Morgan fingerprint density at radius 2 is 1.67 bits per heavy atom. The lowest BCUT2D eigenvalue weighted by Gasteiger charge is -2.09. The molecule has 0 unspecified atom stereocenters. The van der Waals surface area contributed by atoms with Crippen molar-refractivity contribution in [3.05, 3.63) is 39.9 Å². The van der Waals surface area contributed by atoms with E-state index in [1.807, 2.05) is 30.5 Å². The van der Waals surface area contributed by atoms with Crippen molar-refractivity contribution in [2.75, 3.05) is 0 Å². The zero-order valence-corrected chi connectivity index (χ0v) is 9.84. The minimum absolute atomic E-state index is 0.335. The highest BCUT2D eigenvalue weighted by Crippen LogP contribution is 2.23. The van der Waals surface area contributed by atoms with E-state index in [0.717, 1.165) is 17.1 Å². The van der Waals surface area contributed by atoms with Crippen LogP contribution in [0.5, 0.6) is 0 Å². The Kier molecular flexibility index (Phi) is 2.67. The van der Waals surface area contributed by atoms with Crippen LogP contribution in [0.3, 0.4) is 0 Å². The second kappa shape index (κ2) is 3.83. The Morgan fingerprint density at radius 3 is 2.27 bits per heavy atom. The maximum atomic E-state index is 5.98. The van der Waals surface area contributed by atoms with Gasteiger partial charge >= 0.3 is 0 Å². The average molecular weight is 242 g/mol. The summed E-state index contributed by atoms with van der Waals surface area (Å²) in [4.78, 5) is 0. The topological polar surface area (TPSA) is 30.7 Å².